The van der Waals surface area contributed by atoms with Crippen molar-refractivity contribution in [3.8, 4) is 11.6 Å². The van der Waals surface area contributed by atoms with Gasteiger partial charge in [0, 0.05) is 31.6 Å². The quantitative estimate of drug-likeness (QED) is 0.453. The van der Waals surface area contributed by atoms with Crippen LogP contribution in [-0.4, -0.2) is 40.8 Å². The van der Waals surface area contributed by atoms with Crippen molar-refractivity contribution in [3.05, 3.63) is 83.9 Å². The molecule has 1 aliphatic rings. The minimum atomic E-state index is -0.526. The van der Waals surface area contributed by atoms with Crippen molar-refractivity contribution in [2.24, 2.45) is 0 Å². The number of anilines is 1. The second kappa shape index (κ2) is 11.1. The van der Waals surface area contributed by atoms with E-state index in [1.807, 2.05) is 75.4 Å². The fourth-order valence-corrected chi connectivity index (χ4v) is 3.73. The molecule has 35 heavy (non-hydrogen) atoms. The van der Waals surface area contributed by atoms with Crippen molar-refractivity contribution in [2.75, 3.05) is 18.4 Å². The molecule has 0 saturated carbocycles. The Labute approximate surface area is 207 Å². The molecule has 3 aromatic rings. The van der Waals surface area contributed by atoms with Crippen LogP contribution in [0.1, 0.15) is 38.3 Å². The van der Waals surface area contributed by atoms with Gasteiger partial charge in [-0.1, -0.05) is 60.7 Å². The van der Waals surface area contributed by atoms with Gasteiger partial charge in [-0.2, -0.15) is 4.98 Å². The molecule has 1 N–H and O–H groups in total. The molecule has 2 aromatic carbocycles. The van der Waals surface area contributed by atoms with Crippen LogP contribution in [-0.2, 0) is 17.9 Å². The van der Waals surface area contributed by atoms with Crippen LogP contribution in [0.3, 0.4) is 0 Å². The fourth-order valence-electron chi connectivity index (χ4n) is 3.73. The van der Waals surface area contributed by atoms with Crippen LogP contribution in [0, 0.1) is 0 Å². The van der Waals surface area contributed by atoms with E-state index in [1.54, 1.807) is 11.0 Å². The van der Waals surface area contributed by atoms with Crippen LogP contribution < -0.4 is 14.8 Å². The summed E-state index contributed by atoms with van der Waals surface area (Å²) >= 11 is 0. The van der Waals surface area contributed by atoms with E-state index in [2.05, 4.69) is 22.4 Å². The number of amides is 1. The molecule has 0 aliphatic carbocycles. The molecule has 0 radical (unpaired) electrons. The van der Waals surface area contributed by atoms with Crippen molar-refractivity contribution in [1.82, 2.24) is 9.88 Å². The van der Waals surface area contributed by atoms with Crippen LogP contribution in [0.25, 0.3) is 0 Å². The van der Waals surface area contributed by atoms with Crippen LogP contribution in [0.4, 0.5) is 10.6 Å². The van der Waals surface area contributed by atoms with E-state index in [0.717, 1.165) is 11.1 Å². The van der Waals surface area contributed by atoms with E-state index < -0.39 is 5.60 Å². The number of nitrogens with zero attached hydrogens (tertiary/aromatic N) is 2. The Bertz CT molecular complexity index is 1040. The Hall–Kier alpha value is -3.74. The highest BCUT2D eigenvalue weighted by Crippen LogP contribution is 2.26. The summed E-state index contributed by atoms with van der Waals surface area (Å²) in [5.41, 5.74) is 1.70. The molecule has 1 saturated heterocycles. The van der Waals surface area contributed by atoms with Crippen LogP contribution in [0.15, 0.2) is 72.8 Å². The van der Waals surface area contributed by atoms with Crippen molar-refractivity contribution < 1.29 is 19.0 Å². The predicted octanol–water partition coefficient (Wildman–Crippen LogP) is 5.66. The molecule has 1 atom stereocenters. The molecule has 0 spiro atoms. The van der Waals surface area contributed by atoms with Gasteiger partial charge in [-0.3, -0.25) is 0 Å². The van der Waals surface area contributed by atoms with E-state index in [-0.39, 0.29) is 12.2 Å². The molecule has 1 aliphatic heterocycles. The Morgan fingerprint density at radius 3 is 2.40 bits per heavy atom. The van der Waals surface area contributed by atoms with E-state index in [1.165, 1.54) is 0 Å². The Kier molecular flexibility index (Phi) is 7.75. The maximum Gasteiger partial charge on any atom is 0.410 e. The third-order valence-electron chi connectivity index (χ3n) is 5.42. The summed E-state index contributed by atoms with van der Waals surface area (Å²) in [6, 6.07) is 23.8. The van der Waals surface area contributed by atoms with Gasteiger partial charge in [0.2, 0.25) is 5.88 Å². The number of hydrogen-bond donors (Lipinski definition) is 1. The second-order valence-corrected chi connectivity index (χ2v) is 9.59. The zero-order chi connectivity index (χ0) is 24.7. The van der Waals surface area contributed by atoms with Gasteiger partial charge in [0.1, 0.15) is 29.9 Å². The summed E-state index contributed by atoms with van der Waals surface area (Å²) in [4.78, 5) is 18.7. The molecular formula is C28H33N3O4. The van der Waals surface area contributed by atoms with Gasteiger partial charge in [0.15, 0.2) is 0 Å². The number of likely N-dealkylation sites (tertiary alicyclic amines) is 1. The molecule has 1 aromatic heterocycles. The van der Waals surface area contributed by atoms with E-state index in [9.17, 15) is 4.79 Å². The lowest BCUT2D eigenvalue weighted by atomic mass is 10.2. The fraction of sp³-hybridized carbons (Fsp3) is 0.357. The lowest BCUT2D eigenvalue weighted by Gasteiger charge is -2.24. The first-order valence-corrected chi connectivity index (χ1v) is 12.0. The lowest BCUT2D eigenvalue weighted by Crippen LogP contribution is -2.36. The number of carbonyl (C=O) groups is 1. The van der Waals surface area contributed by atoms with E-state index >= 15 is 0 Å². The molecule has 1 unspecified atom stereocenters. The molecule has 1 fully saturated rings. The maximum absolute atomic E-state index is 12.4. The summed E-state index contributed by atoms with van der Waals surface area (Å²) in [6.07, 6.45) is 0.228. The largest absolute Gasteiger partial charge is 0.489 e. The standard InChI is InChI=1S/C28H33N3O4/c1-28(2,3)35-27(32)31-15-14-23(19-31)34-26-17-24(33-20-22-12-8-5-9-13-22)16-25(30-26)29-18-21-10-6-4-7-11-21/h4-13,16-17,23H,14-15,18-20H2,1-3H3,(H,29,30). The van der Waals surface area contributed by atoms with Gasteiger partial charge in [-0.05, 0) is 31.9 Å². The molecule has 7 heteroatoms. The number of rotatable bonds is 8. The molecule has 0 bridgehead atoms. The van der Waals surface area contributed by atoms with Gasteiger partial charge < -0.3 is 24.4 Å². The summed E-state index contributed by atoms with van der Waals surface area (Å²) < 4.78 is 17.7. The average molecular weight is 476 g/mol. The van der Waals surface area contributed by atoms with Gasteiger partial charge in [0.05, 0.1) is 6.54 Å². The molecule has 4 rings (SSSR count). The van der Waals surface area contributed by atoms with Gasteiger partial charge >= 0.3 is 6.09 Å². The summed E-state index contributed by atoms with van der Waals surface area (Å²) in [5.74, 6) is 1.79. The minimum Gasteiger partial charge on any atom is -0.489 e. The molecule has 2 heterocycles. The molecule has 7 nitrogen and oxygen atoms in total. The first kappa shape index (κ1) is 24.4. The number of hydrogen-bond acceptors (Lipinski definition) is 6. The van der Waals surface area contributed by atoms with Gasteiger partial charge in [-0.25, -0.2) is 4.79 Å². The SMILES string of the molecule is CC(C)(C)OC(=O)N1CCC(Oc2cc(OCc3ccccc3)cc(NCc3ccccc3)n2)C1. The topological polar surface area (TPSA) is 72.9 Å². The third kappa shape index (κ3) is 7.64. The van der Waals surface area contributed by atoms with Crippen molar-refractivity contribution in [3.63, 3.8) is 0 Å². The first-order valence-electron chi connectivity index (χ1n) is 12.0. The maximum atomic E-state index is 12.4. The van der Waals surface area contributed by atoms with Gasteiger partial charge in [-0.15, -0.1) is 0 Å². The average Bonchev–Trinajstić information content (AvgIpc) is 3.30. The van der Waals surface area contributed by atoms with Crippen molar-refractivity contribution >= 4 is 11.9 Å². The van der Waals surface area contributed by atoms with Crippen molar-refractivity contribution in [2.45, 2.75) is 52.0 Å². The second-order valence-electron chi connectivity index (χ2n) is 9.59. The Balaban J connectivity index is 1.44. The number of ether oxygens (including phenoxy) is 3. The van der Waals surface area contributed by atoms with Crippen LogP contribution in [0.2, 0.25) is 0 Å². The smallest absolute Gasteiger partial charge is 0.410 e. The Morgan fingerprint density at radius 2 is 1.71 bits per heavy atom. The minimum absolute atomic E-state index is 0.165. The highest BCUT2D eigenvalue weighted by atomic mass is 16.6. The molecular weight excluding hydrogens is 442 g/mol. The third-order valence-corrected chi connectivity index (χ3v) is 5.42. The highest BCUT2D eigenvalue weighted by molar-refractivity contribution is 5.68. The van der Waals surface area contributed by atoms with Crippen molar-refractivity contribution in [1.29, 1.82) is 0 Å². The molecule has 1 amide bonds. The van der Waals surface area contributed by atoms with Crippen LogP contribution in [0.5, 0.6) is 11.6 Å². The summed E-state index contributed by atoms with van der Waals surface area (Å²) in [7, 11) is 0. The number of benzene rings is 2. The summed E-state index contributed by atoms with van der Waals surface area (Å²) in [5, 5.41) is 3.36. The zero-order valence-corrected chi connectivity index (χ0v) is 20.6. The lowest BCUT2D eigenvalue weighted by molar-refractivity contribution is 0.0275. The number of nitrogens with one attached hydrogen (secondary N) is 1. The Morgan fingerprint density at radius 1 is 1.03 bits per heavy atom. The zero-order valence-electron chi connectivity index (χ0n) is 20.6. The normalized spacial score (nSPS) is 15.5. The van der Waals surface area contributed by atoms with E-state index in [4.69, 9.17) is 14.2 Å². The van der Waals surface area contributed by atoms with E-state index in [0.29, 0.717) is 50.1 Å². The van der Waals surface area contributed by atoms with Gasteiger partial charge in [0.25, 0.3) is 0 Å². The number of pyridine rings is 1. The number of aromatic nitrogens is 1. The first-order chi connectivity index (χ1) is 16.8. The summed E-state index contributed by atoms with van der Waals surface area (Å²) in [6.45, 7) is 7.71. The molecule has 184 valence electrons. The van der Waals surface area contributed by atoms with Crippen LogP contribution >= 0.6 is 0 Å². The monoisotopic (exact) mass is 475 g/mol. The predicted molar refractivity (Wildman–Crippen MR) is 136 cm³/mol. The highest BCUT2D eigenvalue weighted by Gasteiger charge is 2.31. The number of carbonyl (C=O) groups excluding carboxylic acids is 1.